The number of carbonyl (C=O) groups excluding carboxylic acids is 1. The number of ether oxygens (including phenoxy) is 1. The molecule has 3 atom stereocenters. The van der Waals surface area contributed by atoms with Crippen molar-refractivity contribution >= 4 is 5.97 Å². The van der Waals surface area contributed by atoms with Crippen molar-refractivity contribution in [3.05, 3.63) is 0 Å². The molecule has 4 heteroatoms. The fourth-order valence-corrected chi connectivity index (χ4v) is 3.97. The number of nitrogens with zero attached hydrogens (tertiary/aromatic N) is 1. The Morgan fingerprint density at radius 2 is 2.11 bits per heavy atom. The highest BCUT2D eigenvalue weighted by molar-refractivity contribution is 5.80. The van der Waals surface area contributed by atoms with Crippen LogP contribution in [0.25, 0.3) is 0 Å². The van der Waals surface area contributed by atoms with Gasteiger partial charge in [-0.1, -0.05) is 13.3 Å². The Balaban J connectivity index is 2.05. The second-order valence-corrected chi connectivity index (χ2v) is 6.23. The first kappa shape index (κ1) is 14.8. The lowest BCUT2D eigenvalue weighted by Gasteiger charge is -2.42. The van der Waals surface area contributed by atoms with Crippen LogP contribution in [0.1, 0.15) is 46.0 Å². The van der Waals surface area contributed by atoms with E-state index in [0.29, 0.717) is 6.04 Å². The van der Waals surface area contributed by atoms with Crippen molar-refractivity contribution in [3.8, 4) is 0 Å². The number of likely N-dealkylation sites (N-methyl/N-ethyl adjacent to an activating group) is 1. The number of piperidine rings is 1. The fourth-order valence-electron chi connectivity index (χ4n) is 3.97. The van der Waals surface area contributed by atoms with Crippen LogP contribution < -0.4 is 5.32 Å². The van der Waals surface area contributed by atoms with E-state index in [1.165, 1.54) is 39.2 Å². The van der Waals surface area contributed by atoms with Crippen molar-refractivity contribution in [2.45, 2.75) is 57.5 Å². The third-order valence-electron chi connectivity index (χ3n) is 4.83. The van der Waals surface area contributed by atoms with Gasteiger partial charge in [0.25, 0.3) is 0 Å². The highest BCUT2D eigenvalue weighted by Crippen LogP contribution is 2.37. The smallest absolute Gasteiger partial charge is 0.327 e. The van der Waals surface area contributed by atoms with E-state index in [1.54, 1.807) is 0 Å². The monoisotopic (exact) mass is 268 g/mol. The molecule has 1 aliphatic carbocycles. The average Bonchev–Trinajstić information content (AvgIpc) is 2.87. The van der Waals surface area contributed by atoms with E-state index in [4.69, 9.17) is 4.74 Å². The first-order valence-electron chi connectivity index (χ1n) is 7.68. The molecule has 1 aliphatic heterocycles. The summed E-state index contributed by atoms with van der Waals surface area (Å²) in [6, 6.07) is 0.691. The molecule has 1 saturated heterocycles. The van der Waals surface area contributed by atoms with Crippen molar-refractivity contribution < 1.29 is 9.53 Å². The molecule has 1 saturated carbocycles. The zero-order chi connectivity index (χ0) is 13.9. The van der Waals surface area contributed by atoms with Crippen LogP contribution in [-0.2, 0) is 9.53 Å². The standard InChI is InChI=1S/C15H28N2O2/c1-4-16-15(2,14(18)19-3)11-17-10-6-8-12-7-5-9-13(12)17/h12-13,16H,4-11H2,1-3H3. The van der Waals surface area contributed by atoms with Gasteiger partial charge < -0.3 is 10.1 Å². The summed E-state index contributed by atoms with van der Waals surface area (Å²) in [5.41, 5.74) is -0.575. The molecule has 0 spiro atoms. The summed E-state index contributed by atoms with van der Waals surface area (Å²) in [6.45, 7) is 6.69. The number of esters is 1. The zero-order valence-electron chi connectivity index (χ0n) is 12.6. The lowest BCUT2D eigenvalue weighted by molar-refractivity contribution is -0.149. The number of carbonyl (C=O) groups is 1. The van der Waals surface area contributed by atoms with Crippen LogP contribution in [0.5, 0.6) is 0 Å². The van der Waals surface area contributed by atoms with Crippen molar-refractivity contribution in [2.75, 3.05) is 26.7 Å². The summed E-state index contributed by atoms with van der Waals surface area (Å²) in [5.74, 6) is 0.715. The van der Waals surface area contributed by atoms with Crippen molar-refractivity contribution in [3.63, 3.8) is 0 Å². The summed E-state index contributed by atoms with van der Waals surface area (Å²) in [5, 5.41) is 3.32. The Morgan fingerprint density at radius 1 is 1.37 bits per heavy atom. The quantitative estimate of drug-likeness (QED) is 0.772. The molecule has 1 heterocycles. The predicted molar refractivity (Wildman–Crippen MR) is 76.0 cm³/mol. The third-order valence-corrected chi connectivity index (χ3v) is 4.83. The van der Waals surface area contributed by atoms with E-state index < -0.39 is 5.54 Å². The topological polar surface area (TPSA) is 41.6 Å². The van der Waals surface area contributed by atoms with E-state index in [9.17, 15) is 4.79 Å². The van der Waals surface area contributed by atoms with Gasteiger partial charge in [-0.2, -0.15) is 0 Å². The highest BCUT2D eigenvalue weighted by atomic mass is 16.5. The second kappa shape index (κ2) is 6.23. The lowest BCUT2D eigenvalue weighted by atomic mass is 9.90. The Labute approximate surface area is 116 Å². The Hall–Kier alpha value is -0.610. The van der Waals surface area contributed by atoms with Crippen LogP contribution in [0.4, 0.5) is 0 Å². The zero-order valence-corrected chi connectivity index (χ0v) is 12.6. The summed E-state index contributed by atoms with van der Waals surface area (Å²) >= 11 is 0. The molecule has 3 unspecified atom stereocenters. The minimum Gasteiger partial charge on any atom is -0.468 e. The molecule has 0 aromatic carbocycles. The number of hydrogen-bond acceptors (Lipinski definition) is 4. The first-order chi connectivity index (χ1) is 9.10. The maximum Gasteiger partial charge on any atom is 0.327 e. The molecule has 2 fully saturated rings. The highest BCUT2D eigenvalue weighted by Gasteiger charge is 2.41. The number of methoxy groups -OCH3 is 1. The molecule has 110 valence electrons. The first-order valence-corrected chi connectivity index (χ1v) is 7.68. The molecule has 2 aliphatic rings. The van der Waals surface area contributed by atoms with Gasteiger partial charge in [0, 0.05) is 12.6 Å². The van der Waals surface area contributed by atoms with E-state index >= 15 is 0 Å². The van der Waals surface area contributed by atoms with Gasteiger partial charge in [-0.05, 0) is 51.6 Å². The van der Waals surface area contributed by atoms with Gasteiger partial charge in [0.2, 0.25) is 0 Å². The van der Waals surface area contributed by atoms with Crippen LogP contribution in [0.15, 0.2) is 0 Å². The van der Waals surface area contributed by atoms with Crippen LogP contribution in [0, 0.1) is 5.92 Å². The van der Waals surface area contributed by atoms with Gasteiger partial charge in [-0.25, -0.2) is 0 Å². The van der Waals surface area contributed by atoms with Crippen LogP contribution >= 0.6 is 0 Å². The predicted octanol–water partition coefficient (Wildman–Crippen LogP) is 1.79. The number of hydrogen-bond donors (Lipinski definition) is 1. The van der Waals surface area contributed by atoms with E-state index in [2.05, 4.69) is 10.2 Å². The Morgan fingerprint density at radius 3 is 2.79 bits per heavy atom. The SMILES string of the molecule is CCNC(C)(CN1CCCC2CCCC21)C(=O)OC. The molecule has 0 bridgehead atoms. The largest absolute Gasteiger partial charge is 0.468 e. The molecule has 1 N–H and O–H groups in total. The Kier molecular flexibility index (Phi) is 4.85. The molecule has 0 aromatic heterocycles. The van der Waals surface area contributed by atoms with Gasteiger partial charge in [-0.3, -0.25) is 9.69 Å². The number of fused-ring (bicyclic) bond motifs is 1. The van der Waals surface area contributed by atoms with Crippen LogP contribution in [0.2, 0.25) is 0 Å². The number of nitrogens with one attached hydrogen (secondary N) is 1. The third kappa shape index (κ3) is 3.11. The summed E-state index contributed by atoms with van der Waals surface area (Å²) in [7, 11) is 1.48. The molecule has 0 amide bonds. The maximum atomic E-state index is 12.1. The molecular weight excluding hydrogens is 240 g/mol. The van der Waals surface area contributed by atoms with Gasteiger partial charge in [0.15, 0.2) is 0 Å². The summed E-state index contributed by atoms with van der Waals surface area (Å²) in [4.78, 5) is 14.6. The molecule has 0 aromatic rings. The number of likely N-dealkylation sites (tertiary alicyclic amines) is 1. The molecule has 2 rings (SSSR count). The van der Waals surface area contributed by atoms with Gasteiger partial charge >= 0.3 is 5.97 Å². The van der Waals surface area contributed by atoms with Crippen molar-refractivity contribution in [1.29, 1.82) is 0 Å². The van der Waals surface area contributed by atoms with Crippen LogP contribution in [-0.4, -0.2) is 49.2 Å². The minimum absolute atomic E-state index is 0.144. The van der Waals surface area contributed by atoms with E-state index in [0.717, 1.165) is 25.6 Å². The normalized spacial score (nSPS) is 30.7. The molecule has 19 heavy (non-hydrogen) atoms. The number of rotatable bonds is 5. The fraction of sp³-hybridized carbons (Fsp3) is 0.933. The lowest BCUT2D eigenvalue weighted by Crippen LogP contribution is -2.60. The summed E-state index contributed by atoms with van der Waals surface area (Å²) in [6.07, 6.45) is 6.66. The molecular formula is C15H28N2O2. The van der Waals surface area contributed by atoms with Gasteiger partial charge in [-0.15, -0.1) is 0 Å². The molecule has 4 nitrogen and oxygen atoms in total. The maximum absolute atomic E-state index is 12.1. The summed E-state index contributed by atoms with van der Waals surface area (Å²) < 4.78 is 4.99. The van der Waals surface area contributed by atoms with Crippen molar-refractivity contribution in [2.24, 2.45) is 5.92 Å². The second-order valence-electron chi connectivity index (χ2n) is 6.23. The van der Waals surface area contributed by atoms with E-state index in [-0.39, 0.29) is 5.97 Å². The van der Waals surface area contributed by atoms with E-state index in [1.807, 2.05) is 13.8 Å². The van der Waals surface area contributed by atoms with Crippen molar-refractivity contribution in [1.82, 2.24) is 10.2 Å². The average molecular weight is 268 g/mol. The van der Waals surface area contributed by atoms with Gasteiger partial charge in [0.05, 0.1) is 7.11 Å². The Bertz CT molecular complexity index is 321. The molecule has 0 radical (unpaired) electrons. The van der Waals surface area contributed by atoms with Crippen LogP contribution in [0.3, 0.4) is 0 Å². The van der Waals surface area contributed by atoms with Gasteiger partial charge in [0.1, 0.15) is 5.54 Å². The minimum atomic E-state index is -0.575.